The van der Waals surface area contributed by atoms with Crippen LogP contribution in [0.3, 0.4) is 0 Å². The fourth-order valence-electron chi connectivity index (χ4n) is 2.45. The van der Waals surface area contributed by atoms with Crippen molar-refractivity contribution in [2.45, 2.75) is 12.5 Å². The van der Waals surface area contributed by atoms with Gasteiger partial charge in [0.05, 0.1) is 0 Å². The van der Waals surface area contributed by atoms with Crippen LogP contribution in [0.2, 0.25) is 0 Å². The maximum Gasteiger partial charge on any atom is 0.165 e. The van der Waals surface area contributed by atoms with Gasteiger partial charge >= 0.3 is 0 Å². The molecule has 0 bridgehead atoms. The van der Waals surface area contributed by atoms with Crippen LogP contribution in [-0.2, 0) is 0 Å². The number of aromatic hydroxyl groups is 1. The van der Waals surface area contributed by atoms with Gasteiger partial charge < -0.3 is 10.8 Å². The summed E-state index contributed by atoms with van der Waals surface area (Å²) in [4.78, 5) is 1.96. The maximum atomic E-state index is 13.7. The first-order chi connectivity index (χ1) is 8.02. The van der Waals surface area contributed by atoms with Gasteiger partial charge in [-0.25, -0.2) is 8.78 Å². The zero-order valence-corrected chi connectivity index (χ0v) is 9.66. The average Bonchev–Trinajstić information content (AvgIpc) is 2.65. The van der Waals surface area contributed by atoms with E-state index in [1.165, 1.54) is 0 Å². The number of phenols is 1. The molecule has 2 rings (SSSR count). The second-order valence-electron chi connectivity index (χ2n) is 4.62. The first kappa shape index (κ1) is 12.3. The average molecular weight is 242 g/mol. The molecule has 1 fully saturated rings. The van der Waals surface area contributed by atoms with Crippen molar-refractivity contribution in [2.75, 3.05) is 20.1 Å². The SMILES string of the molecule is CN1CC(CN)CC1c1cc(F)c(O)cc1F. The second-order valence-corrected chi connectivity index (χ2v) is 4.62. The van der Waals surface area contributed by atoms with Gasteiger partial charge in [0.2, 0.25) is 0 Å². The Morgan fingerprint density at radius 1 is 1.41 bits per heavy atom. The summed E-state index contributed by atoms with van der Waals surface area (Å²) in [5, 5.41) is 9.08. The molecule has 1 aliphatic rings. The maximum absolute atomic E-state index is 13.7. The normalized spacial score (nSPS) is 25.4. The molecule has 1 aromatic carbocycles. The lowest BCUT2D eigenvalue weighted by atomic mass is 9.99. The van der Waals surface area contributed by atoms with E-state index in [2.05, 4.69) is 0 Å². The number of nitrogens with zero attached hydrogens (tertiary/aromatic N) is 1. The highest BCUT2D eigenvalue weighted by molar-refractivity contribution is 5.32. The van der Waals surface area contributed by atoms with Gasteiger partial charge in [0.15, 0.2) is 11.6 Å². The first-order valence-corrected chi connectivity index (χ1v) is 5.61. The minimum Gasteiger partial charge on any atom is -0.505 e. The van der Waals surface area contributed by atoms with E-state index in [1.54, 1.807) is 0 Å². The summed E-state index contributed by atoms with van der Waals surface area (Å²) in [5.41, 5.74) is 5.88. The van der Waals surface area contributed by atoms with Crippen molar-refractivity contribution < 1.29 is 13.9 Å². The third-order valence-electron chi connectivity index (χ3n) is 3.39. The van der Waals surface area contributed by atoms with Crippen LogP contribution < -0.4 is 5.73 Å². The quantitative estimate of drug-likeness (QED) is 0.828. The lowest BCUT2D eigenvalue weighted by Crippen LogP contribution is -2.21. The first-order valence-electron chi connectivity index (χ1n) is 5.61. The standard InChI is InChI=1S/C12H16F2N2O/c1-16-6-7(5-15)2-11(16)8-3-10(14)12(17)4-9(8)13/h3-4,7,11,17H,2,5-6,15H2,1H3. The number of rotatable bonds is 2. The van der Waals surface area contributed by atoms with Crippen molar-refractivity contribution >= 4 is 0 Å². The van der Waals surface area contributed by atoms with Crippen molar-refractivity contribution in [3.63, 3.8) is 0 Å². The zero-order valence-electron chi connectivity index (χ0n) is 9.66. The van der Waals surface area contributed by atoms with Gasteiger partial charge in [0, 0.05) is 24.2 Å². The largest absolute Gasteiger partial charge is 0.505 e. The highest BCUT2D eigenvalue weighted by Crippen LogP contribution is 2.36. The fraction of sp³-hybridized carbons (Fsp3) is 0.500. The zero-order chi connectivity index (χ0) is 12.6. The summed E-state index contributed by atoms with van der Waals surface area (Å²) in [7, 11) is 1.87. The van der Waals surface area contributed by atoms with Gasteiger partial charge in [-0.2, -0.15) is 0 Å². The second kappa shape index (κ2) is 4.58. The Morgan fingerprint density at radius 3 is 2.71 bits per heavy atom. The molecule has 0 saturated carbocycles. The molecule has 94 valence electrons. The smallest absolute Gasteiger partial charge is 0.165 e. The van der Waals surface area contributed by atoms with Crippen LogP contribution in [-0.4, -0.2) is 30.1 Å². The van der Waals surface area contributed by atoms with E-state index in [4.69, 9.17) is 10.8 Å². The van der Waals surface area contributed by atoms with Gasteiger partial charge in [0.1, 0.15) is 5.82 Å². The summed E-state index contributed by atoms with van der Waals surface area (Å²) >= 11 is 0. The molecule has 0 aromatic heterocycles. The highest BCUT2D eigenvalue weighted by Gasteiger charge is 2.32. The van der Waals surface area contributed by atoms with Crippen LogP contribution in [0.25, 0.3) is 0 Å². The fourth-order valence-corrected chi connectivity index (χ4v) is 2.45. The van der Waals surface area contributed by atoms with Crippen molar-refractivity contribution in [1.82, 2.24) is 4.90 Å². The van der Waals surface area contributed by atoms with Gasteiger partial charge in [0.25, 0.3) is 0 Å². The molecule has 5 heteroatoms. The molecule has 1 saturated heterocycles. The summed E-state index contributed by atoms with van der Waals surface area (Å²) in [5.74, 6) is -1.70. The van der Waals surface area contributed by atoms with E-state index in [-0.39, 0.29) is 6.04 Å². The molecule has 2 atom stereocenters. The molecule has 1 aromatic rings. The number of likely N-dealkylation sites (tertiary alicyclic amines) is 1. The van der Waals surface area contributed by atoms with Crippen molar-refractivity contribution in [1.29, 1.82) is 0 Å². The highest BCUT2D eigenvalue weighted by atomic mass is 19.1. The van der Waals surface area contributed by atoms with Crippen molar-refractivity contribution in [3.8, 4) is 5.75 Å². The van der Waals surface area contributed by atoms with E-state index in [9.17, 15) is 8.78 Å². The van der Waals surface area contributed by atoms with E-state index >= 15 is 0 Å². The number of halogens is 2. The lowest BCUT2D eigenvalue weighted by molar-refractivity contribution is 0.304. The van der Waals surface area contributed by atoms with Crippen LogP contribution >= 0.6 is 0 Å². The molecule has 3 N–H and O–H groups in total. The number of hydrogen-bond acceptors (Lipinski definition) is 3. The molecular weight excluding hydrogens is 226 g/mol. The lowest BCUT2D eigenvalue weighted by Gasteiger charge is -2.20. The molecule has 0 amide bonds. The molecule has 0 spiro atoms. The summed E-state index contributed by atoms with van der Waals surface area (Å²) < 4.78 is 27.0. The minimum absolute atomic E-state index is 0.168. The Hall–Kier alpha value is -1.20. The van der Waals surface area contributed by atoms with Gasteiger partial charge in [-0.05, 0) is 32.0 Å². The van der Waals surface area contributed by atoms with Crippen LogP contribution in [0.4, 0.5) is 8.78 Å². The van der Waals surface area contributed by atoms with Gasteiger partial charge in [-0.3, -0.25) is 4.90 Å². The van der Waals surface area contributed by atoms with Crippen LogP contribution in [0, 0.1) is 17.6 Å². The van der Waals surface area contributed by atoms with Gasteiger partial charge in [-0.1, -0.05) is 0 Å². The molecule has 1 aliphatic heterocycles. The van der Waals surface area contributed by atoms with Crippen LogP contribution in [0.1, 0.15) is 18.0 Å². The molecule has 0 radical (unpaired) electrons. The topological polar surface area (TPSA) is 49.5 Å². The predicted molar refractivity (Wildman–Crippen MR) is 60.6 cm³/mol. The Morgan fingerprint density at radius 2 is 2.12 bits per heavy atom. The number of benzene rings is 1. The van der Waals surface area contributed by atoms with E-state index in [1.807, 2.05) is 11.9 Å². The Labute approximate surface area is 98.8 Å². The number of nitrogens with two attached hydrogens (primary N) is 1. The Balaban J connectivity index is 2.31. The van der Waals surface area contributed by atoms with E-state index < -0.39 is 17.4 Å². The summed E-state index contributed by atoms with van der Waals surface area (Å²) in [6, 6.07) is 1.73. The summed E-state index contributed by atoms with van der Waals surface area (Å²) in [6.07, 6.45) is 0.716. The number of phenolic OH excluding ortho intramolecular Hbond substituents is 1. The van der Waals surface area contributed by atoms with Crippen molar-refractivity contribution in [3.05, 3.63) is 29.3 Å². The molecule has 1 heterocycles. The molecular formula is C12H16F2N2O. The van der Waals surface area contributed by atoms with Gasteiger partial charge in [-0.15, -0.1) is 0 Å². The Kier molecular flexibility index (Phi) is 3.31. The minimum atomic E-state index is -0.786. The predicted octanol–water partition coefficient (Wildman–Crippen LogP) is 1.62. The molecule has 0 aliphatic carbocycles. The Bertz CT molecular complexity index is 425. The van der Waals surface area contributed by atoms with Crippen LogP contribution in [0.15, 0.2) is 12.1 Å². The third-order valence-corrected chi connectivity index (χ3v) is 3.39. The van der Waals surface area contributed by atoms with Crippen molar-refractivity contribution in [2.24, 2.45) is 11.7 Å². The monoisotopic (exact) mass is 242 g/mol. The number of hydrogen-bond donors (Lipinski definition) is 2. The van der Waals surface area contributed by atoms with Crippen LogP contribution in [0.5, 0.6) is 5.75 Å². The summed E-state index contributed by atoms with van der Waals surface area (Å²) in [6.45, 7) is 1.33. The molecule has 3 nitrogen and oxygen atoms in total. The molecule has 17 heavy (non-hydrogen) atoms. The van der Waals surface area contributed by atoms with E-state index in [0.29, 0.717) is 24.4 Å². The molecule has 2 unspecified atom stereocenters. The third kappa shape index (κ3) is 2.25. The van der Waals surface area contributed by atoms with E-state index in [0.717, 1.165) is 18.7 Å².